The summed E-state index contributed by atoms with van der Waals surface area (Å²) in [4.78, 5) is 0. The molecule has 1 nitrogen and oxygen atoms in total. The summed E-state index contributed by atoms with van der Waals surface area (Å²) in [6, 6.07) is 0. The maximum atomic E-state index is 7.30. The highest BCUT2D eigenvalue weighted by Gasteiger charge is 2.27. The van der Waals surface area contributed by atoms with Crippen molar-refractivity contribution in [3.63, 3.8) is 0 Å². The molecule has 1 heteroatoms. The van der Waals surface area contributed by atoms with Crippen LogP contribution in [-0.2, 0) is 4.74 Å². The third kappa shape index (κ3) is 4.99. The van der Waals surface area contributed by atoms with Crippen LogP contribution in [0.1, 0.15) is 70.3 Å². The van der Waals surface area contributed by atoms with Gasteiger partial charge in [-0.3, -0.25) is 0 Å². The fraction of sp³-hybridized carbons (Fsp3) is 1.00. The Bertz CT molecular complexity index is 127. The Morgan fingerprint density at radius 3 is 1.86 bits per heavy atom. The third-order valence-corrected chi connectivity index (χ3v) is 2.73. The lowest BCUT2D eigenvalue weighted by Gasteiger charge is -2.33. The molecular weight excluding hydrogens is 172 g/mol. The van der Waals surface area contributed by atoms with Crippen molar-refractivity contribution in [1.29, 1.82) is 0 Å². The number of ether oxygens (including phenoxy) is 1. The number of hydrogen-bond acceptors (Lipinski definition) is 1. The van der Waals surface area contributed by atoms with Gasteiger partial charge >= 0.3 is 0 Å². The van der Waals surface area contributed by atoms with Gasteiger partial charge in [0.25, 0.3) is 0 Å². The average Bonchev–Trinajstić information content (AvgIpc) is 2.37. The molecule has 0 aromatic carbocycles. The molecule has 0 radical (unpaired) electrons. The molecule has 0 fully saturated rings. The predicted molar refractivity (Wildman–Crippen MR) is 63.7 cm³/mol. The predicted octanol–water partition coefficient (Wildman–Crippen LogP) is 4.41. The first-order valence-corrected chi connectivity index (χ1v) is 5.70. The Hall–Kier alpha value is -0.0400. The van der Waals surface area contributed by atoms with Crippen LogP contribution in [0.5, 0.6) is 0 Å². The average molecular weight is 206 g/mol. The highest BCUT2D eigenvalue weighted by Crippen LogP contribution is 2.35. The molecule has 0 bridgehead atoms. The largest absolute Gasteiger partial charge is 0.381 e. The SMILES string of the molecule is [3H]CCCC(CCC[3H])(CCC[3H])COCC. The molecule has 0 aliphatic heterocycles. The lowest BCUT2D eigenvalue weighted by Crippen LogP contribution is -2.27. The number of rotatable bonds is 9. The third-order valence-electron chi connectivity index (χ3n) is 2.73. The molecule has 0 atom stereocenters. The van der Waals surface area contributed by atoms with Crippen molar-refractivity contribution in [3.8, 4) is 0 Å². The Kier molecular flexibility index (Phi) is 5.45. The van der Waals surface area contributed by atoms with Crippen LogP contribution in [0.15, 0.2) is 0 Å². The van der Waals surface area contributed by atoms with E-state index >= 15 is 0 Å². The zero-order valence-electron chi connectivity index (χ0n) is 12.7. The van der Waals surface area contributed by atoms with Crippen molar-refractivity contribution < 1.29 is 8.85 Å². The molecule has 0 saturated carbocycles. The first kappa shape index (κ1) is 9.21. The van der Waals surface area contributed by atoms with Gasteiger partial charge in [-0.15, -0.1) is 0 Å². The molecule has 0 N–H and O–H groups in total. The monoisotopic (exact) mass is 206 g/mol. The minimum absolute atomic E-state index is 0.124. The molecule has 0 aromatic heterocycles. The Morgan fingerprint density at radius 2 is 1.50 bits per heavy atom. The summed E-state index contributed by atoms with van der Waals surface area (Å²) in [5, 5.41) is 0. The van der Waals surface area contributed by atoms with E-state index in [0.29, 0.717) is 20.7 Å². The molecule has 0 aromatic rings. The second-order valence-electron chi connectivity index (χ2n) is 3.95. The zero-order valence-corrected chi connectivity index (χ0v) is 9.69. The zero-order chi connectivity index (χ0) is 13.0. The van der Waals surface area contributed by atoms with Gasteiger partial charge in [-0.1, -0.05) is 40.0 Å². The number of hydrogen-bond donors (Lipinski definition) is 0. The van der Waals surface area contributed by atoms with Crippen LogP contribution >= 0.6 is 0 Å². The van der Waals surface area contributed by atoms with Crippen molar-refractivity contribution in [2.24, 2.45) is 5.41 Å². The second-order valence-corrected chi connectivity index (χ2v) is 3.95. The van der Waals surface area contributed by atoms with Gasteiger partial charge in [0.2, 0.25) is 0 Å². The first-order valence-electron chi connectivity index (χ1n) is 7.82. The van der Waals surface area contributed by atoms with Gasteiger partial charge in [0.15, 0.2) is 0 Å². The van der Waals surface area contributed by atoms with E-state index in [1.165, 1.54) is 0 Å². The van der Waals surface area contributed by atoms with Crippen molar-refractivity contribution in [2.45, 2.75) is 66.1 Å². The van der Waals surface area contributed by atoms with Crippen molar-refractivity contribution >= 4 is 0 Å². The fourth-order valence-electron chi connectivity index (χ4n) is 2.04. The summed E-state index contributed by atoms with van der Waals surface area (Å²) in [6.45, 7) is 4.87. The molecule has 0 spiro atoms. The molecule has 0 aliphatic rings. The molecule has 86 valence electrons. The molecule has 14 heavy (non-hydrogen) atoms. The Morgan fingerprint density at radius 1 is 1.00 bits per heavy atom. The first-order chi connectivity index (χ1) is 8.24. The van der Waals surface area contributed by atoms with Crippen molar-refractivity contribution in [3.05, 3.63) is 0 Å². The molecule has 0 saturated heterocycles. The molecule has 0 rings (SSSR count). The van der Waals surface area contributed by atoms with Gasteiger partial charge in [-0.05, 0) is 31.6 Å². The van der Waals surface area contributed by atoms with Gasteiger partial charge in [0, 0.05) is 10.7 Å². The maximum Gasteiger partial charge on any atom is 0.0522 e. The summed E-state index contributed by atoms with van der Waals surface area (Å²) in [6.07, 6.45) is 5.75. The lowest BCUT2D eigenvalue weighted by molar-refractivity contribution is 0.0314. The van der Waals surface area contributed by atoms with Gasteiger partial charge < -0.3 is 4.74 Å². The second kappa shape index (κ2) is 8.28. The minimum atomic E-state index is 0.124. The molecule has 0 amide bonds. The van der Waals surface area contributed by atoms with Crippen molar-refractivity contribution in [1.82, 2.24) is 0 Å². The van der Waals surface area contributed by atoms with E-state index in [2.05, 4.69) is 0 Å². The van der Waals surface area contributed by atoms with Crippen LogP contribution in [0.25, 0.3) is 0 Å². The molecule has 0 aliphatic carbocycles. The Labute approximate surface area is 94.4 Å². The van der Waals surface area contributed by atoms with Gasteiger partial charge in [0.1, 0.15) is 0 Å². The highest BCUT2D eigenvalue weighted by atomic mass is 16.5. The van der Waals surface area contributed by atoms with Gasteiger partial charge in [-0.2, -0.15) is 0 Å². The molecule has 0 heterocycles. The summed E-state index contributed by atoms with van der Waals surface area (Å²) in [5.74, 6) is 0. The van der Waals surface area contributed by atoms with Crippen LogP contribution in [-0.4, -0.2) is 13.2 Å². The summed E-state index contributed by atoms with van der Waals surface area (Å²) >= 11 is 0. The van der Waals surface area contributed by atoms with E-state index in [4.69, 9.17) is 8.85 Å². The standard InChI is InChI=1S/C13H28O/c1-5-9-13(10-6-2,11-7-3)12-14-8-4/h5-12H2,1-4H3/i1T,2T,3T. The summed E-state index contributed by atoms with van der Waals surface area (Å²) < 4.78 is 27.5. The van der Waals surface area contributed by atoms with E-state index in [-0.39, 0.29) is 5.41 Å². The quantitative estimate of drug-likeness (QED) is 0.543. The molecule has 0 unspecified atom stereocenters. The lowest BCUT2D eigenvalue weighted by atomic mass is 9.76. The van der Waals surface area contributed by atoms with E-state index in [1.54, 1.807) is 0 Å². The van der Waals surface area contributed by atoms with Crippen LogP contribution in [0.3, 0.4) is 0 Å². The minimum Gasteiger partial charge on any atom is -0.381 e. The highest BCUT2D eigenvalue weighted by molar-refractivity contribution is 4.78. The summed E-state index contributed by atoms with van der Waals surface area (Å²) in [5.41, 5.74) is 0.124. The maximum absolute atomic E-state index is 7.30. The van der Waals surface area contributed by atoms with E-state index in [0.717, 1.165) is 51.7 Å². The topological polar surface area (TPSA) is 9.23 Å². The smallest absolute Gasteiger partial charge is 0.0522 e. The molecular formula is C13H28O. The van der Waals surface area contributed by atoms with Crippen LogP contribution in [0.4, 0.5) is 0 Å². The van der Waals surface area contributed by atoms with Gasteiger partial charge in [-0.25, -0.2) is 0 Å². The van der Waals surface area contributed by atoms with E-state index in [9.17, 15) is 0 Å². The van der Waals surface area contributed by atoms with E-state index < -0.39 is 0 Å². The van der Waals surface area contributed by atoms with Crippen molar-refractivity contribution in [2.75, 3.05) is 13.2 Å². The Balaban J connectivity index is 4.39. The van der Waals surface area contributed by atoms with Crippen LogP contribution in [0.2, 0.25) is 0 Å². The fourth-order valence-corrected chi connectivity index (χ4v) is 2.04. The van der Waals surface area contributed by atoms with Crippen LogP contribution < -0.4 is 0 Å². The summed E-state index contributed by atoms with van der Waals surface area (Å²) in [7, 11) is 0. The van der Waals surface area contributed by atoms with Gasteiger partial charge in [0.05, 0.1) is 6.61 Å². The van der Waals surface area contributed by atoms with E-state index in [1.807, 2.05) is 6.92 Å². The normalized spacial score (nSPS) is 14.8. The van der Waals surface area contributed by atoms with Crippen LogP contribution in [0, 0.1) is 5.41 Å².